The van der Waals surface area contributed by atoms with Crippen LogP contribution in [0.25, 0.3) is 11.4 Å². The molecule has 2 aromatic heterocycles. The van der Waals surface area contributed by atoms with E-state index < -0.39 is 0 Å². The van der Waals surface area contributed by atoms with Crippen LogP contribution in [0.1, 0.15) is 19.3 Å². The molecule has 0 spiro atoms. The summed E-state index contributed by atoms with van der Waals surface area (Å²) in [5.41, 5.74) is 0.927. The van der Waals surface area contributed by atoms with Crippen LogP contribution in [0.15, 0.2) is 24.8 Å². The van der Waals surface area contributed by atoms with Crippen molar-refractivity contribution in [1.29, 1.82) is 0 Å². The maximum Gasteiger partial charge on any atom is 0.225 e. The Labute approximate surface area is 99.9 Å². The zero-order chi connectivity index (χ0) is 11.5. The molecule has 0 bridgehead atoms. The third kappa shape index (κ3) is 2.13. The molecule has 5 heteroatoms. The molecular formula is C12H15N5. The Hall–Kier alpha value is -1.91. The van der Waals surface area contributed by atoms with Gasteiger partial charge < -0.3 is 9.88 Å². The van der Waals surface area contributed by atoms with Gasteiger partial charge in [0.15, 0.2) is 0 Å². The van der Waals surface area contributed by atoms with Crippen molar-refractivity contribution >= 4 is 5.95 Å². The minimum Gasteiger partial charge on any atom is -0.345 e. The first kappa shape index (κ1) is 10.3. The van der Waals surface area contributed by atoms with Gasteiger partial charge in [0.25, 0.3) is 0 Å². The smallest absolute Gasteiger partial charge is 0.225 e. The van der Waals surface area contributed by atoms with Gasteiger partial charge in [-0.15, -0.1) is 0 Å². The number of H-pyrrole nitrogens is 1. The summed E-state index contributed by atoms with van der Waals surface area (Å²) in [6.45, 7) is 2.14. The number of rotatable bonds is 2. The van der Waals surface area contributed by atoms with Gasteiger partial charge in [0.1, 0.15) is 5.82 Å². The maximum atomic E-state index is 4.41. The topological polar surface area (TPSA) is 57.7 Å². The van der Waals surface area contributed by atoms with E-state index in [1.807, 2.05) is 12.4 Å². The minimum absolute atomic E-state index is 0.815. The van der Waals surface area contributed by atoms with E-state index in [4.69, 9.17) is 0 Å². The lowest BCUT2D eigenvalue weighted by Gasteiger charge is -2.26. The molecule has 1 fully saturated rings. The van der Waals surface area contributed by atoms with Crippen molar-refractivity contribution in [2.24, 2.45) is 0 Å². The zero-order valence-corrected chi connectivity index (χ0v) is 9.63. The number of anilines is 1. The molecule has 0 radical (unpaired) electrons. The fourth-order valence-corrected chi connectivity index (χ4v) is 2.12. The first-order chi connectivity index (χ1) is 8.43. The fraction of sp³-hybridized carbons (Fsp3) is 0.417. The van der Waals surface area contributed by atoms with Crippen LogP contribution in [0.5, 0.6) is 0 Å². The number of aromatic amines is 1. The Morgan fingerprint density at radius 3 is 2.41 bits per heavy atom. The molecule has 1 aliphatic rings. The predicted octanol–water partition coefficient (Wildman–Crippen LogP) is 1.86. The highest BCUT2D eigenvalue weighted by Crippen LogP contribution is 2.17. The number of aromatic nitrogens is 4. The quantitative estimate of drug-likeness (QED) is 0.854. The summed E-state index contributed by atoms with van der Waals surface area (Å²) in [6, 6.07) is 0. The third-order valence-corrected chi connectivity index (χ3v) is 3.05. The van der Waals surface area contributed by atoms with E-state index in [0.29, 0.717) is 0 Å². The number of imidazole rings is 1. The van der Waals surface area contributed by atoms with E-state index in [0.717, 1.165) is 30.4 Å². The number of nitrogens with one attached hydrogen (secondary N) is 1. The fourth-order valence-electron chi connectivity index (χ4n) is 2.12. The third-order valence-electron chi connectivity index (χ3n) is 3.05. The molecule has 0 saturated carbocycles. The van der Waals surface area contributed by atoms with Crippen LogP contribution >= 0.6 is 0 Å². The van der Waals surface area contributed by atoms with E-state index >= 15 is 0 Å². The molecule has 1 N–H and O–H groups in total. The van der Waals surface area contributed by atoms with Gasteiger partial charge in [-0.3, -0.25) is 0 Å². The minimum atomic E-state index is 0.815. The van der Waals surface area contributed by atoms with E-state index in [9.17, 15) is 0 Å². The van der Waals surface area contributed by atoms with Gasteiger partial charge in [0, 0.05) is 37.9 Å². The van der Waals surface area contributed by atoms with Crippen LogP contribution in [0, 0.1) is 0 Å². The molecule has 88 valence electrons. The van der Waals surface area contributed by atoms with Crippen molar-refractivity contribution in [1.82, 2.24) is 19.9 Å². The maximum absolute atomic E-state index is 4.41. The Kier molecular flexibility index (Phi) is 2.73. The first-order valence-electron chi connectivity index (χ1n) is 6.00. The van der Waals surface area contributed by atoms with Crippen LogP contribution in [-0.4, -0.2) is 33.0 Å². The predicted molar refractivity (Wildman–Crippen MR) is 65.7 cm³/mol. The first-order valence-corrected chi connectivity index (χ1v) is 6.00. The highest BCUT2D eigenvalue weighted by molar-refractivity contribution is 5.52. The molecule has 0 aliphatic carbocycles. The second-order valence-corrected chi connectivity index (χ2v) is 4.26. The zero-order valence-electron chi connectivity index (χ0n) is 9.63. The molecular weight excluding hydrogens is 214 g/mol. The molecule has 0 atom stereocenters. The molecule has 3 rings (SSSR count). The number of piperidine rings is 1. The average Bonchev–Trinajstić information content (AvgIpc) is 2.94. The van der Waals surface area contributed by atoms with Crippen molar-refractivity contribution in [3.63, 3.8) is 0 Å². The molecule has 1 saturated heterocycles. The van der Waals surface area contributed by atoms with Crippen molar-refractivity contribution in [2.45, 2.75) is 19.3 Å². The molecule has 0 aromatic carbocycles. The van der Waals surface area contributed by atoms with E-state index in [1.165, 1.54) is 19.3 Å². The van der Waals surface area contributed by atoms with Gasteiger partial charge in [-0.25, -0.2) is 15.0 Å². The van der Waals surface area contributed by atoms with Crippen molar-refractivity contribution in [3.05, 3.63) is 24.8 Å². The van der Waals surface area contributed by atoms with E-state index in [2.05, 4.69) is 24.8 Å². The Morgan fingerprint density at radius 1 is 1.00 bits per heavy atom. The molecule has 17 heavy (non-hydrogen) atoms. The number of hydrogen-bond donors (Lipinski definition) is 1. The molecule has 0 amide bonds. The van der Waals surface area contributed by atoms with Crippen molar-refractivity contribution in [3.8, 4) is 11.4 Å². The summed E-state index contributed by atoms with van der Waals surface area (Å²) >= 11 is 0. The summed E-state index contributed by atoms with van der Waals surface area (Å²) in [5.74, 6) is 1.65. The second kappa shape index (κ2) is 4.53. The van der Waals surface area contributed by atoms with Gasteiger partial charge in [0.05, 0.1) is 5.56 Å². The standard InChI is InChI=1S/C12H15N5/c1-2-6-17(7-3-1)12-15-8-10(9-16-12)11-13-4-5-14-11/h4-5,8-9H,1-3,6-7H2,(H,13,14). The molecule has 2 aromatic rings. The Balaban J connectivity index is 1.80. The summed E-state index contributed by atoms with van der Waals surface area (Å²) in [4.78, 5) is 18.3. The van der Waals surface area contributed by atoms with Gasteiger partial charge in [-0.1, -0.05) is 0 Å². The highest BCUT2D eigenvalue weighted by atomic mass is 15.2. The largest absolute Gasteiger partial charge is 0.345 e. The summed E-state index contributed by atoms with van der Waals surface area (Å²) in [6.07, 6.45) is 11.0. The van der Waals surface area contributed by atoms with Crippen molar-refractivity contribution in [2.75, 3.05) is 18.0 Å². The van der Waals surface area contributed by atoms with Gasteiger partial charge in [-0.2, -0.15) is 0 Å². The highest BCUT2D eigenvalue weighted by Gasteiger charge is 2.13. The summed E-state index contributed by atoms with van der Waals surface area (Å²) < 4.78 is 0. The summed E-state index contributed by atoms with van der Waals surface area (Å²) in [5, 5.41) is 0. The monoisotopic (exact) mass is 229 g/mol. The molecule has 0 unspecified atom stereocenters. The van der Waals surface area contributed by atoms with Crippen molar-refractivity contribution < 1.29 is 0 Å². The molecule has 5 nitrogen and oxygen atoms in total. The second-order valence-electron chi connectivity index (χ2n) is 4.26. The van der Waals surface area contributed by atoms with Crippen LogP contribution in [0.4, 0.5) is 5.95 Å². The van der Waals surface area contributed by atoms with Gasteiger partial charge in [-0.05, 0) is 19.3 Å². The Bertz CT molecular complexity index is 456. The normalized spacial score (nSPS) is 16.1. The SMILES string of the molecule is c1c[nH]c(-c2cnc(N3CCCCC3)nc2)n1. The average molecular weight is 229 g/mol. The number of hydrogen-bond acceptors (Lipinski definition) is 4. The van der Waals surface area contributed by atoms with E-state index in [-0.39, 0.29) is 0 Å². The number of nitrogens with zero attached hydrogens (tertiary/aromatic N) is 4. The van der Waals surface area contributed by atoms with Crippen LogP contribution < -0.4 is 4.90 Å². The van der Waals surface area contributed by atoms with Crippen LogP contribution in [0.2, 0.25) is 0 Å². The lowest BCUT2D eigenvalue weighted by molar-refractivity contribution is 0.568. The van der Waals surface area contributed by atoms with Crippen LogP contribution in [-0.2, 0) is 0 Å². The van der Waals surface area contributed by atoms with Gasteiger partial charge in [0.2, 0.25) is 5.95 Å². The molecule has 3 heterocycles. The summed E-state index contributed by atoms with van der Waals surface area (Å²) in [7, 11) is 0. The van der Waals surface area contributed by atoms with Gasteiger partial charge >= 0.3 is 0 Å². The lowest BCUT2D eigenvalue weighted by atomic mass is 10.1. The Morgan fingerprint density at radius 2 is 1.76 bits per heavy atom. The van der Waals surface area contributed by atoms with E-state index in [1.54, 1.807) is 12.4 Å². The van der Waals surface area contributed by atoms with Crippen LogP contribution in [0.3, 0.4) is 0 Å². The molecule has 1 aliphatic heterocycles. The lowest BCUT2D eigenvalue weighted by Crippen LogP contribution is -2.30.